The van der Waals surface area contributed by atoms with Gasteiger partial charge in [0.15, 0.2) is 0 Å². The number of rotatable bonds is 4. The van der Waals surface area contributed by atoms with E-state index in [2.05, 4.69) is 26.2 Å². The first-order valence-electron chi connectivity index (χ1n) is 8.81. The molecule has 0 spiro atoms. The van der Waals surface area contributed by atoms with E-state index in [1.165, 1.54) is 0 Å². The van der Waals surface area contributed by atoms with Gasteiger partial charge < -0.3 is 15.2 Å². The molecule has 2 saturated heterocycles. The summed E-state index contributed by atoms with van der Waals surface area (Å²) in [6.07, 6.45) is 3.84. The third-order valence-electron chi connectivity index (χ3n) is 5.39. The molecule has 0 bridgehead atoms. The minimum Gasteiger partial charge on any atom is -0.392 e. The largest absolute Gasteiger partial charge is 0.392 e. The number of hydrogen-bond donors (Lipinski definition) is 2. The van der Waals surface area contributed by atoms with E-state index in [0.717, 1.165) is 30.3 Å². The van der Waals surface area contributed by atoms with E-state index in [9.17, 15) is 9.90 Å². The SMILES string of the molecule is O=c1c2cc(Cl)c(Br)cc2ncn1CC1(C[C@H]2NCCC[C@@H]2O)COC1. The summed E-state index contributed by atoms with van der Waals surface area (Å²) < 4.78 is 7.84. The van der Waals surface area contributed by atoms with Gasteiger partial charge in [0, 0.05) is 22.5 Å². The first-order chi connectivity index (χ1) is 12.5. The Bertz CT molecular complexity index is 884. The lowest BCUT2D eigenvalue weighted by Gasteiger charge is -2.45. The van der Waals surface area contributed by atoms with Crippen LogP contribution in [0.1, 0.15) is 19.3 Å². The Kier molecular flexibility index (Phi) is 5.09. The van der Waals surface area contributed by atoms with Gasteiger partial charge in [-0.1, -0.05) is 11.6 Å². The lowest BCUT2D eigenvalue weighted by atomic mass is 9.77. The van der Waals surface area contributed by atoms with Crippen LogP contribution >= 0.6 is 27.5 Å². The van der Waals surface area contributed by atoms with Gasteiger partial charge >= 0.3 is 0 Å². The van der Waals surface area contributed by atoms with E-state index in [-0.39, 0.29) is 23.1 Å². The normalized spacial score (nSPS) is 25.2. The second-order valence-corrected chi connectivity index (χ2v) is 8.69. The lowest BCUT2D eigenvalue weighted by molar-refractivity contribution is -0.136. The minimum absolute atomic E-state index is 0.0437. The fourth-order valence-electron chi connectivity index (χ4n) is 3.90. The van der Waals surface area contributed by atoms with Gasteiger partial charge in [0.05, 0.1) is 41.6 Å². The Hall–Kier alpha value is -0.990. The Labute approximate surface area is 164 Å². The number of aliphatic hydroxyl groups excluding tert-OH is 1. The van der Waals surface area contributed by atoms with Crippen molar-refractivity contribution in [2.45, 2.75) is 38.0 Å². The van der Waals surface area contributed by atoms with Crippen molar-refractivity contribution in [2.24, 2.45) is 5.41 Å². The van der Waals surface area contributed by atoms with Crippen LogP contribution in [0.3, 0.4) is 0 Å². The van der Waals surface area contributed by atoms with Crippen LogP contribution in [0.15, 0.2) is 27.7 Å². The van der Waals surface area contributed by atoms with Crippen molar-refractivity contribution >= 4 is 38.4 Å². The predicted molar refractivity (Wildman–Crippen MR) is 104 cm³/mol. The van der Waals surface area contributed by atoms with Crippen LogP contribution in [0.2, 0.25) is 5.02 Å². The molecular weight excluding hydrogens is 422 g/mol. The Morgan fingerprint density at radius 2 is 2.27 bits per heavy atom. The van der Waals surface area contributed by atoms with Gasteiger partial charge in [0.1, 0.15) is 0 Å². The number of nitrogens with one attached hydrogen (secondary N) is 1. The second kappa shape index (κ2) is 7.20. The van der Waals surface area contributed by atoms with Crippen molar-refractivity contribution < 1.29 is 9.84 Å². The second-order valence-electron chi connectivity index (χ2n) is 7.43. The van der Waals surface area contributed by atoms with Crippen molar-refractivity contribution in [1.82, 2.24) is 14.9 Å². The number of benzene rings is 1. The molecule has 0 aliphatic carbocycles. The average Bonchev–Trinajstić information content (AvgIpc) is 2.59. The highest BCUT2D eigenvalue weighted by Gasteiger charge is 2.43. The molecule has 8 heteroatoms. The van der Waals surface area contributed by atoms with E-state index in [1.807, 2.05) is 0 Å². The van der Waals surface area contributed by atoms with Gasteiger partial charge in [0.2, 0.25) is 0 Å². The number of aromatic nitrogens is 2. The third-order valence-corrected chi connectivity index (χ3v) is 6.59. The van der Waals surface area contributed by atoms with Gasteiger partial charge in [-0.2, -0.15) is 0 Å². The Balaban J connectivity index is 1.61. The quantitative estimate of drug-likeness (QED) is 0.760. The van der Waals surface area contributed by atoms with E-state index >= 15 is 0 Å². The summed E-state index contributed by atoms with van der Waals surface area (Å²) in [4.78, 5) is 17.3. The molecule has 0 unspecified atom stereocenters. The van der Waals surface area contributed by atoms with E-state index in [1.54, 1.807) is 23.0 Å². The standard InChI is InChI=1S/C18H21BrClN3O3/c19-12-5-14-11(4-13(12)20)17(25)23(10-22-14)7-18(8-26-9-18)6-15-16(24)2-1-3-21-15/h4-5,10,15-16,21,24H,1-3,6-9H2/t15-,16+/m1/s1. The number of fused-ring (bicyclic) bond motifs is 1. The van der Waals surface area contributed by atoms with Crippen molar-refractivity contribution in [3.8, 4) is 0 Å². The highest BCUT2D eigenvalue weighted by molar-refractivity contribution is 9.10. The van der Waals surface area contributed by atoms with Gasteiger partial charge in [-0.15, -0.1) is 0 Å². The summed E-state index contributed by atoms with van der Waals surface area (Å²) in [7, 11) is 0. The van der Waals surface area contributed by atoms with Crippen LogP contribution in [0, 0.1) is 5.41 Å². The third kappa shape index (κ3) is 3.43. The molecule has 2 N–H and O–H groups in total. The summed E-state index contributed by atoms with van der Waals surface area (Å²) >= 11 is 9.51. The van der Waals surface area contributed by atoms with Crippen LogP contribution in [-0.4, -0.2) is 46.6 Å². The highest BCUT2D eigenvalue weighted by Crippen LogP contribution is 2.36. The molecule has 4 rings (SSSR count). The molecule has 140 valence electrons. The maximum atomic E-state index is 12.9. The maximum Gasteiger partial charge on any atom is 0.261 e. The molecule has 1 aromatic carbocycles. The number of nitrogens with zero attached hydrogens (tertiary/aromatic N) is 2. The molecule has 0 amide bonds. The zero-order valence-electron chi connectivity index (χ0n) is 14.3. The summed E-state index contributed by atoms with van der Waals surface area (Å²) in [6, 6.07) is 3.46. The van der Waals surface area contributed by atoms with Crippen molar-refractivity contribution in [1.29, 1.82) is 0 Å². The van der Waals surface area contributed by atoms with Crippen molar-refractivity contribution in [3.63, 3.8) is 0 Å². The molecule has 0 radical (unpaired) electrons. The molecule has 2 aliphatic rings. The first-order valence-corrected chi connectivity index (χ1v) is 9.98. The van der Waals surface area contributed by atoms with Crippen LogP contribution in [0.25, 0.3) is 10.9 Å². The summed E-state index contributed by atoms with van der Waals surface area (Å²) in [6.45, 7) is 2.61. The molecule has 26 heavy (non-hydrogen) atoms. The summed E-state index contributed by atoms with van der Waals surface area (Å²) in [5.41, 5.74) is 0.354. The van der Waals surface area contributed by atoms with Crippen LogP contribution in [0.4, 0.5) is 0 Å². The highest BCUT2D eigenvalue weighted by atomic mass is 79.9. The first kappa shape index (κ1) is 18.4. The number of halogens is 2. The topological polar surface area (TPSA) is 76.4 Å². The summed E-state index contributed by atoms with van der Waals surface area (Å²) in [5.74, 6) is 0. The number of aliphatic hydroxyl groups is 1. The van der Waals surface area contributed by atoms with E-state index in [4.69, 9.17) is 16.3 Å². The van der Waals surface area contributed by atoms with Gasteiger partial charge in [-0.3, -0.25) is 9.36 Å². The zero-order valence-corrected chi connectivity index (χ0v) is 16.6. The van der Waals surface area contributed by atoms with E-state index in [0.29, 0.717) is 35.7 Å². The fraction of sp³-hybridized carbons (Fsp3) is 0.556. The number of ether oxygens (including phenoxy) is 1. The molecule has 0 saturated carbocycles. The molecule has 3 heterocycles. The summed E-state index contributed by atoms with van der Waals surface area (Å²) in [5, 5.41) is 14.7. The molecule has 2 atom stereocenters. The fourth-order valence-corrected chi connectivity index (χ4v) is 4.40. The van der Waals surface area contributed by atoms with Crippen molar-refractivity contribution in [3.05, 3.63) is 38.3 Å². The van der Waals surface area contributed by atoms with Gasteiger partial charge in [-0.25, -0.2) is 4.98 Å². The zero-order chi connectivity index (χ0) is 18.3. The Morgan fingerprint density at radius 3 is 2.96 bits per heavy atom. The molecule has 6 nitrogen and oxygen atoms in total. The van der Waals surface area contributed by atoms with Crippen LogP contribution in [-0.2, 0) is 11.3 Å². The smallest absolute Gasteiger partial charge is 0.261 e. The average molecular weight is 443 g/mol. The monoisotopic (exact) mass is 441 g/mol. The predicted octanol–water partition coefficient (Wildman–Crippen LogP) is 2.33. The van der Waals surface area contributed by atoms with E-state index < -0.39 is 0 Å². The van der Waals surface area contributed by atoms with Crippen LogP contribution < -0.4 is 10.9 Å². The maximum absolute atomic E-state index is 12.9. The minimum atomic E-state index is -0.344. The molecule has 1 aromatic heterocycles. The molecule has 2 aromatic rings. The number of piperidine rings is 1. The van der Waals surface area contributed by atoms with Gasteiger partial charge in [-0.05, 0) is 53.9 Å². The molecular formula is C18H21BrClN3O3. The van der Waals surface area contributed by atoms with Crippen molar-refractivity contribution in [2.75, 3.05) is 19.8 Å². The molecule has 2 fully saturated rings. The number of hydrogen-bond acceptors (Lipinski definition) is 5. The van der Waals surface area contributed by atoms with Gasteiger partial charge in [0.25, 0.3) is 5.56 Å². The Morgan fingerprint density at radius 1 is 1.46 bits per heavy atom. The van der Waals surface area contributed by atoms with Crippen LogP contribution in [0.5, 0.6) is 0 Å². The lowest BCUT2D eigenvalue weighted by Crippen LogP contribution is -2.55. The molecule has 2 aliphatic heterocycles.